The van der Waals surface area contributed by atoms with Crippen LogP contribution in [0.1, 0.15) is 40.9 Å². The van der Waals surface area contributed by atoms with Gasteiger partial charge in [-0.25, -0.2) is 4.98 Å². The molecule has 6 heteroatoms. The van der Waals surface area contributed by atoms with Crippen LogP contribution in [0.2, 0.25) is 0 Å². The molecule has 3 rings (SSSR count). The van der Waals surface area contributed by atoms with Crippen molar-refractivity contribution in [3.63, 3.8) is 0 Å². The molecule has 1 saturated heterocycles. The smallest absolute Gasteiger partial charge is 0.248 e. The molecule has 0 saturated carbocycles. The van der Waals surface area contributed by atoms with E-state index in [9.17, 15) is 4.79 Å². The monoisotopic (exact) mass is 342 g/mol. The molecule has 0 unspecified atom stereocenters. The summed E-state index contributed by atoms with van der Waals surface area (Å²) in [5.74, 6) is 1.34. The van der Waals surface area contributed by atoms with E-state index in [1.54, 1.807) is 6.07 Å². The van der Waals surface area contributed by atoms with E-state index in [1.807, 2.05) is 24.4 Å². The number of nitrogens with two attached hydrogens (primary N) is 1. The van der Waals surface area contributed by atoms with Gasteiger partial charge in [-0.05, 0) is 31.2 Å². The number of aromatic nitrogens is 1. The van der Waals surface area contributed by atoms with Gasteiger partial charge in [0.2, 0.25) is 11.8 Å². The van der Waals surface area contributed by atoms with Gasteiger partial charge >= 0.3 is 0 Å². The number of carbonyl (C=O) groups excluding carboxylic acids is 1. The van der Waals surface area contributed by atoms with Crippen molar-refractivity contribution < 1.29 is 9.21 Å². The summed E-state index contributed by atoms with van der Waals surface area (Å²) in [5.41, 5.74) is 7.06. The standard InChI is InChI=1S/C19H26N4O2/c1-3-17-10-21-18(25-17)13-22(2)16-7-8-23(12-16)11-14-5-4-6-15(9-14)19(20)24/h4-6,9-10,16H,3,7-8,11-13H2,1-2H3,(H2,20,24)/t16-/m1/s1. The van der Waals surface area contributed by atoms with Gasteiger partial charge in [0.15, 0.2) is 0 Å². The highest BCUT2D eigenvalue weighted by molar-refractivity contribution is 5.92. The first-order chi connectivity index (χ1) is 12.0. The van der Waals surface area contributed by atoms with Crippen molar-refractivity contribution in [2.45, 2.75) is 38.9 Å². The van der Waals surface area contributed by atoms with Crippen LogP contribution in [0, 0.1) is 0 Å². The van der Waals surface area contributed by atoms with Gasteiger partial charge in [0.05, 0.1) is 12.7 Å². The maximum atomic E-state index is 11.3. The Morgan fingerprint density at radius 1 is 1.48 bits per heavy atom. The number of oxazole rings is 1. The van der Waals surface area contributed by atoms with E-state index >= 15 is 0 Å². The average molecular weight is 342 g/mol. The minimum absolute atomic E-state index is 0.377. The van der Waals surface area contributed by atoms with E-state index in [1.165, 1.54) is 0 Å². The lowest BCUT2D eigenvalue weighted by Crippen LogP contribution is -2.34. The highest BCUT2D eigenvalue weighted by Gasteiger charge is 2.26. The maximum absolute atomic E-state index is 11.3. The predicted molar refractivity (Wildman–Crippen MR) is 96.0 cm³/mol. The zero-order chi connectivity index (χ0) is 17.8. The van der Waals surface area contributed by atoms with Crippen molar-refractivity contribution in [3.8, 4) is 0 Å². The number of nitrogens with zero attached hydrogens (tertiary/aromatic N) is 3. The van der Waals surface area contributed by atoms with Crippen LogP contribution in [0.4, 0.5) is 0 Å². The largest absolute Gasteiger partial charge is 0.444 e. The number of likely N-dealkylation sites (N-methyl/N-ethyl adjacent to an activating group) is 1. The SMILES string of the molecule is CCc1cnc(CN(C)[C@@H]2CCN(Cc3cccc(C(N)=O)c3)C2)o1. The third-order valence-electron chi connectivity index (χ3n) is 4.82. The summed E-state index contributed by atoms with van der Waals surface area (Å²) in [6, 6.07) is 8.06. The molecule has 1 aromatic heterocycles. The summed E-state index contributed by atoms with van der Waals surface area (Å²) < 4.78 is 5.71. The van der Waals surface area contributed by atoms with Crippen LogP contribution in [0.25, 0.3) is 0 Å². The number of amides is 1. The molecular formula is C19H26N4O2. The summed E-state index contributed by atoms with van der Waals surface area (Å²) in [6.07, 6.45) is 3.81. The van der Waals surface area contributed by atoms with Gasteiger partial charge in [0, 0.05) is 37.7 Å². The Balaban J connectivity index is 1.54. The Morgan fingerprint density at radius 2 is 2.32 bits per heavy atom. The third kappa shape index (κ3) is 4.46. The molecule has 0 radical (unpaired) electrons. The first-order valence-electron chi connectivity index (χ1n) is 8.80. The summed E-state index contributed by atoms with van der Waals surface area (Å²) >= 11 is 0. The number of aryl methyl sites for hydroxylation is 1. The molecule has 134 valence electrons. The normalized spacial score (nSPS) is 18.1. The Kier molecular flexibility index (Phi) is 5.50. The van der Waals surface area contributed by atoms with Crippen molar-refractivity contribution in [3.05, 3.63) is 53.2 Å². The highest BCUT2D eigenvalue weighted by Crippen LogP contribution is 2.19. The van der Waals surface area contributed by atoms with E-state index in [4.69, 9.17) is 10.2 Å². The number of hydrogen-bond acceptors (Lipinski definition) is 5. The average Bonchev–Trinajstić information content (AvgIpc) is 3.24. The van der Waals surface area contributed by atoms with E-state index < -0.39 is 0 Å². The number of primary amides is 1. The highest BCUT2D eigenvalue weighted by atomic mass is 16.4. The molecule has 2 heterocycles. The summed E-state index contributed by atoms with van der Waals surface area (Å²) in [4.78, 5) is 20.4. The molecule has 0 bridgehead atoms. The molecule has 6 nitrogen and oxygen atoms in total. The van der Waals surface area contributed by atoms with Crippen LogP contribution in [0.3, 0.4) is 0 Å². The number of hydrogen-bond donors (Lipinski definition) is 1. The molecule has 1 fully saturated rings. The Hall–Kier alpha value is -2.18. The molecule has 1 aromatic carbocycles. The van der Waals surface area contributed by atoms with Gasteiger partial charge in [-0.1, -0.05) is 19.1 Å². The zero-order valence-electron chi connectivity index (χ0n) is 14.9. The Morgan fingerprint density at radius 3 is 3.04 bits per heavy atom. The van der Waals surface area contributed by atoms with Gasteiger partial charge in [0.1, 0.15) is 5.76 Å². The molecule has 2 N–H and O–H groups in total. The summed E-state index contributed by atoms with van der Waals surface area (Å²) in [7, 11) is 2.12. The first kappa shape index (κ1) is 17.6. The minimum atomic E-state index is -0.377. The number of carbonyl (C=O) groups is 1. The van der Waals surface area contributed by atoms with Crippen molar-refractivity contribution in [2.24, 2.45) is 5.73 Å². The lowest BCUT2D eigenvalue weighted by atomic mass is 10.1. The molecule has 2 aromatic rings. The third-order valence-corrected chi connectivity index (χ3v) is 4.82. The van der Waals surface area contributed by atoms with Crippen molar-refractivity contribution >= 4 is 5.91 Å². The van der Waals surface area contributed by atoms with Crippen LogP contribution in [0.15, 0.2) is 34.9 Å². The summed E-state index contributed by atoms with van der Waals surface area (Å²) in [5, 5.41) is 0. The zero-order valence-corrected chi connectivity index (χ0v) is 14.9. The van der Waals surface area contributed by atoms with Crippen LogP contribution < -0.4 is 5.73 Å². The van der Waals surface area contributed by atoms with Crippen molar-refractivity contribution in [1.82, 2.24) is 14.8 Å². The Bertz CT molecular complexity index is 728. The quantitative estimate of drug-likeness (QED) is 0.833. The van der Waals surface area contributed by atoms with Gasteiger partial charge in [-0.2, -0.15) is 0 Å². The molecule has 0 spiro atoms. The molecule has 1 amide bonds. The minimum Gasteiger partial charge on any atom is -0.444 e. The van der Waals surface area contributed by atoms with Crippen LogP contribution in [-0.2, 0) is 19.5 Å². The van der Waals surface area contributed by atoms with Crippen molar-refractivity contribution in [2.75, 3.05) is 20.1 Å². The second-order valence-electron chi connectivity index (χ2n) is 6.73. The second-order valence-corrected chi connectivity index (χ2v) is 6.73. The van der Waals surface area contributed by atoms with E-state index in [0.29, 0.717) is 11.6 Å². The number of likely N-dealkylation sites (tertiary alicyclic amines) is 1. The van der Waals surface area contributed by atoms with Gasteiger partial charge in [-0.15, -0.1) is 0 Å². The van der Waals surface area contributed by atoms with E-state index in [2.05, 4.69) is 28.8 Å². The lowest BCUT2D eigenvalue weighted by Gasteiger charge is -2.23. The van der Waals surface area contributed by atoms with Crippen LogP contribution in [-0.4, -0.2) is 46.9 Å². The fourth-order valence-corrected chi connectivity index (χ4v) is 3.32. The van der Waals surface area contributed by atoms with E-state index in [0.717, 1.165) is 56.2 Å². The van der Waals surface area contributed by atoms with Crippen LogP contribution >= 0.6 is 0 Å². The predicted octanol–water partition coefficient (Wildman–Crippen LogP) is 2.04. The topological polar surface area (TPSA) is 75.6 Å². The molecular weight excluding hydrogens is 316 g/mol. The molecule has 1 aliphatic heterocycles. The van der Waals surface area contributed by atoms with Gasteiger partial charge in [-0.3, -0.25) is 14.6 Å². The van der Waals surface area contributed by atoms with Crippen LogP contribution in [0.5, 0.6) is 0 Å². The van der Waals surface area contributed by atoms with Crippen molar-refractivity contribution in [1.29, 1.82) is 0 Å². The molecule has 25 heavy (non-hydrogen) atoms. The first-order valence-corrected chi connectivity index (χ1v) is 8.80. The molecule has 1 atom stereocenters. The Labute approximate surface area is 148 Å². The maximum Gasteiger partial charge on any atom is 0.248 e. The lowest BCUT2D eigenvalue weighted by molar-refractivity contribution is 0.1000. The summed E-state index contributed by atoms with van der Waals surface area (Å²) in [6.45, 7) is 5.68. The fourth-order valence-electron chi connectivity index (χ4n) is 3.32. The second kappa shape index (κ2) is 7.80. The van der Waals surface area contributed by atoms with Gasteiger partial charge < -0.3 is 10.2 Å². The van der Waals surface area contributed by atoms with E-state index in [-0.39, 0.29) is 5.91 Å². The number of rotatable bonds is 7. The number of benzene rings is 1. The molecule has 0 aliphatic carbocycles. The van der Waals surface area contributed by atoms with Gasteiger partial charge in [0.25, 0.3) is 0 Å². The molecule has 1 aliphatic rings. The fraction of sp³-hybridized carbons (Fsp3) is 0.474.